The molecular weight excluding hydrogens is 717 g/mol. The monoisotopic (exact) mass is 750 g/mol. The van der Waals surface area contributed by atoms with Gasteiger partial charge in [-0.05, 0) is 85.2 Å². The molecule has 0 spiro atoms. The zero-order valence-corrected chi connectivity index (χ0v) is 31.9. The smallest absolute Gasteiger partial charge is 0.164 e. The van der Waals surface area contributed by atoms with Crippen LogP contribution in [0.15, 0.2) is 206 Å². The first-order chi connectivity index (χ1) is 29.2. The molecule has 0 unspecified atom stereocenters. The van der Waals surface area contributed by atoms with Gasteiger partial charge in [0.2, 0.25) is 0 Å². The van der Waals surface area contributed by atoms with E-state index in [-0.39, 0.29) is 0 Å². The molecule has 0 N–H and O–H groups in total. The van der Waals surface area contributed by atoms with Gasteiger partial charge in [0.1, 0.15) is 0 Å². The average molecular weight is 751 g/mol. The lowest BCUT2D eigenvalue weighted by Gasteiger charge is -2.12. The molecule has 10 aromatic carbocycles. The molecule has 2 aromatic heterocycles. The first kappa shape index (κ1) is 33.2. The van der Waals surface area contributed by atoms with Gasteiger partial charge in [0.25, 0.3) is 0 Å². The molecule has 12 aromatic rings. The van der Waals surface area contributed by atoms with Gasteiger partial charge in [0.15, 0.2) is 17.5 Å². The third-order valence-electron chi connectivity index (χ3n) is 11.8. The summed E-state index contributed by atoms with van der Waals surface area (Å²) in [5.41, 5.74) is 8.67. The summed E-state index contributed by atoms with van der Waals surface area (Å²) in [6, 6.07) is 73.6. The van der Waals surface area contributed by atoms with Crippen molar-refractivity contribution in [2.24, 2.45) is 0 Å². The van der Waals surface area contributed by atoms with Crippen molar-refractivity contribution < 1.29 is 0 Å². The molecule has 0 aliphatic rings. The number of rotatable bonds is 5. The van der Waals surface area contributed by atoms with E-state index in [2.05, 4.69) is 211 Å². The quantitative estimate of drug-likeness (QED) is 0.176. The average Bonchev–Trinajstić information content (AvgIpc) is 3.64. The molecule has 2 heterocycles. The van der Waals surface area contributed by atoms with E-state index < -0.39 is 0 Å². The number of hydrogen-bond donors (Lipinski definition) is 0. The molecule has 0 amide bonds. The van der Waals surface area contributed by atoms with Crippen LogP contribution in [0.5, 0.6) is 0 Å². The van der Waals surface area contributed by atoms with Gasteiger partial charge in [0.05, 0.1) is 11.0 Å². The highest BCUT2D eigenvalue weighted by atomic mass is 15.0. The molecule has 0 radical (unpaired) electrons. The number of aromatic nitrogens is 4. The number of benzene rings is 10. The Hall–Kier alpha value is -7.95. The van der Waals surface area contributed by atoms with Crippen molar-refractivity contribution in [2.75, 3.05) is 0 Å². The minimum absolute atomic E-state index is 0.638. The lowest BCUT2D eigenvalue weighted by atomic mass is 10.0. The second-order valence-corrected chi connectivity index (χ2v) is 15.3. The van der Waals surface area contributed by atoms with Crippen LogP contribution in [0.2, 0.25) is 0 Å². The third-order valence-corrected chi connectivity index (χ3v) is 11.8. The van der Waals surface area contributed by atoms with E-state index >= 15 is 0 Å². The third kappa shape index (κ3) is 5.65. The lowest BCUT2D eigenvalue weighted by Crippen LogP contribution is -2.00. The SMILES string of the molecule is c1ccc2cc(-c3nc(-c4ccc(-c5ccc(-n6c7cc8ccccc8cc7c7ccc8ccccc8c76)cc5)cc4)nc(-c4ccc5ccccc5c4)n3)ccc2c1. The maximum absolute atomic E-state index is 5.08. The summed E-state index contributed by atoms with van der Waals surface area (Å²) in [4.78, 5) is 15.2. The Kier molecular flexibility index (Phi) is 7.50. The van der Waals surface area contributed by atoms with E-state index in [0.29, 0.717) is 17.5 Å². The van der Waals surface area contributed by atoms with Gasteiger partial charge < -0.3 is 4.57 Å². The van der Waals surface area contributed by atoms with Crippen LogP contribution in [-0.4, -0.2) is 19.5 Å². The highest BCUT2D eigenvalue weighted by Crippen LogP contribution is 2.39. The fraction of sp³-hybridized carbons (Fsp3) is 0. The molecule has 0 aliphatic carbocycles. The van der Waals surface area contributed by atoms with Crippen LogP contribution in [0, 0.1) is 0 Å². The molecule has 0 saturated carbocycles. The fourth-order valence-electron chi connectivity index (χ4n) is 8.77. The van der Waals surface area contributed by atoms with Gasteiger partial charge in [0, 0.05) is 38.5 Å². The van der Waals surface area contributed by atoms with Gasteiger partial charge in [-0.15, -0.1) is 0 Å². The summed E-state index contributed by atoms with van der Waals surface area (Å²) in [6.07, 6.45) is 0. The van der Waals surface area contributed by atoms with Crippen molar-refractivity contribution >= 4 is 64.9 Å². The van der Waals surface area contributed by atoms with Crippen LogP contribution in [0.25, 0.3) is 116 Å². The summed E-state index contributed by atoms with van der Waals surface area (Å²) in [5, 5.41) is 12.1. The molecular formula is C55H34N4. The van der Waals surface area contributed by atoms with Gasteiger partial charge >= 0.3 is 0 Å². The van der Waals surface area contributed by atoms with Crippen molar-refractivity contribution in [2.45, 2.75) is 0 Å². The van der Waals surface area contributed by atoms with Gasteiger partial charge in [-0.3, -0.25) is 0 Å². The van der Waals surface area contributed by atoms with Crippen molar-refractivity contribution in [3.63, 3.8) is 0 Å². The van der Waals surface area contributed by atoms with Crippen LogP contribution >= 0.6 is 0 Å². The number of nitrogens with zero attached hydrogens (tertiary/aromatic N) is 4. The zero-order valence-electron chi connectivity index (χ0n) is 31.9. The Morgan fingerprint density at radius 2 is 0.695 bits per heavy atom. The highest BCUT2D eigenvalue weighted by Gasteiger charge is 2.17. The topological polar surface area (TPSA) is 43.6 Å². The summed E-state index contributed by atoms with van der Waals surface area (Å²) in [7, 11) is 0. The molecule has 4 heteroatoms. The second-order valence-electron chi connectivity index (χ2n) is 15.3. The van der Waals surface area contributed by atoms with Crippen molar-refractivity contribution in [3.05, 3.63) is 206 Å². The van der Waals surface area contributed by atoms with E-state index in [0.717, 1.165) is 44.3 Å². The molecule has 0 aliphatic heterocycles. The van der Waals surface area contributed by atoms with Crippen molar-refractivity contribution in [1.82, 2.24) is 19.5 Å². The van der Waals surface area contributed by atoms with Gasteiger partial charge in [-0.25, -0.2) is 15.0 Å². The Balaban J connectivity index is 0.942. The van der Waals surface area contributed by atoms with Crippen LogP contribution < -0.4 is 0 Å². The zero-order chi connectivity index (χ0) is 38.9. The predicted octanol–water partition coefficient (Wildman–Crippen LogP) is 14.2. The summed E-state index contributed by atoms with van der Waals surface area (Å²) in [5.74, 6) is 1.93. The fourth-order valence-corrected chi connectivity index (χ4v) is 8.77. The van der Waals surface area contributed by atoms with Crippen LogP contribution in [0.3, 0.4) is 0 Å². The molecule has 12 rings (SSSR count). The standard InChI is InChI=1S/C55H34N4/c1-3-12-41-31-45(23-19-35(41)9-1)54-56-53(57-55(58-54)46-24-20-36-10-2-4-13-42(36)32-46)40-21-17-37(18-22-40)38-25-28-47(29-26-38)59-51-34-44-15-6-5-14-43(44)33-50(51)49-30-27-39-11-7-8-16-48(39)52(49)59/h1-34H. The normalized spacial score (nSPS) is 11.7. The number of fused-ring (bicyclic) bond motifs is 8. The predicted molar refractivity (Wildman–Crippen MR) is 246 cm³/mol. The molecule has 4 nitrogen and oxygen atoms in total. The largest absolute Gasteiger partial charge is 0.309 e. The van der Waals surface area contributed by atoms with Crippen LogP contribution in [0.1, 0.15) is 0 Å². The molecule has 0 fully saturated rings. The maximum Gasteiger partial charge on any atom is 0.164 e. The Morgan fingerprint density at radius 3 is 1.29 bits per heavy atom. The second kappa shape index (κ2) is 13.3. The maximum atomic E-state index is 5.08. The van der Waals surface area contributed by atoms with Crippen molar-refractivity contribution in [3.8, 4) is 51.0 Å². The van der Waals surface area contributed by atoms with E-state index in [4.69, 9.17) is 15.0 Å². The molecule has 59 heavy (non-hydrogen) atoms. The lowest BCUT2D eigenvalue weighted by molar-refractivity contribution is 1.08. The van der Waals surface area contributed by atoms with Gasteiger partial charge in [-0.2, -0.15) is 0 Å². The van der Waals surface area contributed by atoms with Crippen LogP contribution in [-0.2, 0) is 0 Å². The number of hydrogen-bond acceptors (Lipinski definition) is 3. The summed E-state index contributed by atoms with van der Waals surface area (Å²) < 4.78 is 2.44. The van der Waals surface area contributed by atoms with Crippen molar-refractivity contribution in [1.29, 1.82) is 0 Å². The van der Waals surface area contributed by atoms with Crippen LogP contribution in [0.4, 0.5) is 0 Å². The summed E-state index contributed by atoms with van der Waals surface area (Å²) in [6.45, 7) is 0. The Bertz CT molecular complexity index is 3500. The minimum atomic E-state index is 0.638. The molecule has 274 valence electrons. The molecule has 0 bridgehead atoms. The Labute approximate surface area is 340 Å². The highest BCUT2D eigenvalue weighted by molar-refractivity contribution is 6.20. The summed E-state index contributed by atoms with van der Waals surface area (Å²) >= 11 is 0. The minimum Gasteiger partial charge on any atom is -0.309 e. The molecule has 0 saturated heterocycles. The van der Waals surface area contributed by atoms with E-state index in [1.807, 2.05) is 0 Å². The first-order valence-corrected chi connectivity index (χ1v) is 20.0. The molecule has 0 atom stereocenters. The van der Waals surface area contributed by atoms with E-state index in [9.17, 15) is 0 Å². The first-order valence-electron chi connectivity index (χ1n) is 20.0. The Morgan fingerprint density at radius 1 is 0.271 bits per heavy atom. The van der Waals surface area contributed by atoms with Gasteiger partial charge in [-0.1, -0.05) is 170 Å². The van der Waals surface area contributed by atoms with E-state index in [1.54, 1.807) is 0 Å². The van der Waals surface area contributed by atoms with E-state index in [1.165, 1.54) is 54.1 Å².